The number of hydrogen-bond acceptors (Lipinski definition) is 4. The summed E-state index contributed by atoms with van der Waals surface area (Å²) < 4.78 is 0.845. The molecule has 1 atom stereocenters. The first-order valence-electron chi connectivity index (χ1n) is 8.23. The number of benzene rings is 1. The van der Waals surface area contributed by atoms with E-state index in [0.29, 0.717) is 22.7 Å². The quantitative estimate of drug-likeness (QED) is 0.928. The van der Waals surface area contributed by atoms with Crippen LogP contribution >= 0.6 is 11.3 Å². The Morgan fingerprint density at radius 3 is 2.79 bits per heavy atom. The number of carboxylic acids is 1. The van der Waals surface area contributed by atoms with Crippen LogP contribution in [0.4, 0.5) is 0 Å². The van der Waals surface area contributed by atoms with E-state index in [2.05, 4.69) is 18.9 Å². The summed E-state index contributed by atoms with van der Waals surface area (Å²) in [5, 5.41) is 9.97. The lowest BCUT2D eigenvalue weighted by Gasteiger charge is -2.22. The van der Waals surface area contributed by atoms with Crippen LogP contribution < -0.4 is 0 Å². The smallest absolute Gasteiger partial charge is 0.336 e. The maximum Gasteiger partial charge on any atom is 0.336 e. The molecule has 0 aliphatic carbocycles. The summed E-state index contributed by atoms with van der Waals surface area (Å²) >= 11 is 1.38. The second-order valence-electron chi connectivity index (χ2n) is 6.42. The molecule has 1 saturated heterocycles. The van der Waals surface area contributed by atoms with E-state index in [1.807, 2.05) is 11.0 Å². The minimum Gasteiger partial charge on any atom is -0.478 e. The molecule has 0 spiro atoms. The summed E-state index contributed by atoms with van der Waals surface area (Å²) in [5.74, 6) is -0.466. The SMILES string of the molecule is CCC1CN(C)CCN(C(=O)c2cc3c(C(=O)O)cccc3s2)C1. The molecule has 1 aliphatic heterocycles. The lowest BCUT2D eigenvalue weighted by atomic mass is 10.1. The van der Waals surface area contributed by atoms with Gasteiger partial charge in [-0.2, -0.15) is 0 Å². The van der Waals surface area contributed by atoms with Gasteiger partial charge in [0.1, 0.15) is 0 Å². The third kappa shape index (κ3) is 3.30. The Morgan fingerprint density at radius 1 is 1.29 bits per heavy atom. The lowest BCUT2D eigenvalue weighted by Crippen LogP contribution is -2.35. The summed E-state index contributed by atoms with van der Waals surface area (Å²) in [5.41, 5.74) is 0.254. The highest BCUT2D eigenvalue weighted by atomic mass is 32.1. The molecule has 128 valence electrons. The van der Waals surface area contributed by atoms with Crippen LogP contribution in [0.5, 0.6) is 0 Å². The second-order valence-corrected chi connectivity index (χ2v) is 7.50. The fourth-order valence-corrected chi connectivity index (χ4v) is 4.29. The van der Waals surface area contributed by atoms with Crippen LogP contribution in [0.1, 0.15) is 33.4 Å². The van der Waals surface area contributed by atoms with Crippen molar-refractivity contribution in [3.63, 3.8) is 0 Å². The van der Waals surface area contributed by atoms with Crippen LogP contribution in [0.15, 0.2) is 24.3 Å². The van der Waals surface area contributed by atoms with Crippen LogP contribution in [0.2, 0.25) is 0 Å². The van der Waals surface area contributed by atoms with Crippen molar-refractivity contribution in [2.75, 3.05) is 33.2 Å². The standard InChI is InChI=1S/C18H22N2O3S/c1-3-12-10-19(2)7-8-20(11-12)17(21)16-9-14-13(18(22)23)5-4-6-15(14)24-16/h4-6,9,12H,3,7-8,10-11H2,1-2H3,(H,22,23). The zero-order valence-electron chi connectivity index (χ0n) is 14.0. The topological polar surface area (TPSA) is 60.9 Å². The van der Waals surface area contributed by atoms with E-state index in [4.69, 9.17) is 0 Å². The summed E-state index contributed by atoms with van der Waals surface area (Å²) in [7, 11) is 2.09. The molecule has 3 rings (SSSR count). The fraction of sp³-hybridized carbons (Fsp3) is 0.444. The van der Waals surface area contributed by atoms with Gasteiger partial charge in [0.15, 0.2) is 0 Å². The second kappa shape index (κ2) is 6.91. The lowest BCUT2D eigenvalue weighted by molar-refractivity contribution is 0.0697. The van der Waals surface area contributed by atoms with Crippen LogP contribution in [-0.2, 0) is 0 Å². The van der Waals surface area contributed by atoms with E-state index in [1.54, 1.807) is 18.2 Å². The number of carboxylic acid groups (broad SMARTS) is 1. The van der Waals surface area contributed by atoms with Crippen LogP contribution in [-0.4, -0.2) is 60.0 Å². The molecule has 0 saturated carbocycles. The summed E-state index contributed by atoms with van der Waals surface area (Å²) in [6, 6.07) is 6.92. The molecule has 1 aromatic heterocycles. The molecule has 5 nitrogen and oxygen atoms in total. The number of carbonyl (C=O) groups is 2. The van der Waals surface area contributed by atoms with Crippen molar-refractivity contribution >= 4 is 33.3 Å². The largest absolute Gasteiger partial charge is 0.478 e. The van der Waals surface area contributed by atoms with Crippen molar-refractivity contribution in [1.82, 2.24) is 9.80 Å². The van der Waals surface area contributed by atoms with Crippen LogP contribution in [0.3, 0.4) is 0 Å². The predicted molar refractivity (Wildman–Crippen MR) is 96.0 cm³/mol. The Morgan fingerprint density at radius 2 is 2.08 bits per heavy atom. The van der Waals surface area contributed by atoms with Crippen molar-refractivity contribution in [2.24, 2.45) is 5.92 Å². The Kier molecular flexibility index (Phi) is 4.87. The zero-order chi connectivity index (χ0) is 17.3. The number of amides is 1. The van der Waals surface area contributed by atoms with Gasteiger partial charge in [0, 0.05) is 36.3 Å². The molecule has 1 aromatic carbocycles. The molecule has 1 N–H and O–H groups in total. The van der Waals surface area contributed by atoms with Crippen LogP contribution in [0.25, 0.3) is 10.1 Å². The normalized spacial score (nSPS) is 19.4. The van der Waals surface area contributed by atoms with E-state index in [0.717, 1.165) is 30.8 Å². The van der Waals surface area contributed by atoms with Gasteiger partial charge in [-0.05, 0) is 31.2 Å². The average molecular weight is 346 g/mol. The van der Waals surface area contributed by atoms with Gasteiger partial charge in [0.25, 0.3) is 5.91 Å². The highest BCUT2D eigenvalue weighted by Crippen LogP contribution is 2.30. The molecule has 1 unspecified atom stereocenters. The molecule has 24 heavy (non-hydrogen) atoms. The Bertz CT molecular complexity index is 771. The first-order chi connectivity index (χ1) is 11.5. The molecule has 2 heterocycles. The van der Waals surface area contributed by atoms with Gasteiger partial charge in [0.2, 0.25) is 0 Å². The maximum atomic E-state index is 12.9. The number of likely N-dealkylation sites (N-methyl/N-ethyl adjacent to an activating group) is 1. The molecule has 0 bridgehead atoms. The van der Waals surface area contributed by atoms with Crippen molar-refractivity contribution < 1.29 is 14.7 Å². The Hall–Kier alpha value is -1.92. The molecule has 2 aromatic rings. The number of rotatable bonds is 3. The van der Waals surface area contributed by atoms with Crippen molar-refractivity contribution in [3.05, 3.63) is 34.7 Å². The first kappa shape index (κ1) is 16.9. The Labute approximate surface area is 145 Å². The molecule has 1 amide bonds. The maximum absolute atomic E-state index is 12.9. The monoisotopic (exact) mass is 346 g/mol. The highest BCUT2D eigenvalue weighted by Gasteiger charge is 2.25. The van der Waals surface area contributed by atoms with Crippen LogP contribution in [0, 0.1) is 5.92 Å². The number of hydrogen-bond donors (Lipinski definition) is 1. The summed E-state index contributed by atoms with van der Waals surface area (Å²) in [4.78, 5) is 29.1. The first-order valence-corrected chi connectivity index (χ1v) is 9.05. The molecule has 6 heteroatoms. The highest BCUT2D eigenvalue weighted by molar-refractivity contribution is 7.20. The summed E-state index contributed by atoms with van der Waals surface area (Å²) in [6.45, 7) is 5.51. The van der Waals surface area contributed by atoms with E-state index < -0.39 is 5.97 Å². The zero-order valence-corrected chi connectivity index (χ0v) is 14.8. The predicted octanol–water partition coefficient (Wildman–Crippen LogP) is 3.01. The van der Waals surface area contributed by atoms with Gasteiger partial charge in [-0.1, -0.05) is 19.4 Å². The van der Waals surface area contributed by atoms with Gasteiger partial charge < -0.3 is 14.9 Å². The minimum atomic E-state index is -0.958. The minimum absolute atomic E-state index is 0.0151. The van der Waals surface area contributed by atoms with Gasteiger partial charge in [0.05, 0.1) is 10.4 Å². The summed E-state index contributed by atoms with van der Waals surface area (Å²) in [6.07, 6.45) is 1.05. The van der Waals surface area contributed by atoms with E-state index in [1.165, 1.54) is 11.3 Å². The van der Waals surface area contributed by atoms with Gasteiger partial charge in [-0.25, -0.2) is 4.79 Å². The fourth-order valence-electron chi connectivity index (χ4n) is 3.24. The molecular weight excluding hydrogens is 324 g/mol. The van der Waals surface area contributed by atoms with Crippen molar-refractivity contribution in [2.45, 2.75) is 13.3 Å². The van der Waals surface area contributed by atoms with Crippen molar-refractivity contribution in [3.8, 4) is 0 Å². The Balaban J connectivity index is 1.90. The average Bonchev–Trinajstić information content (AvgIpc) is 2.91. The van der Waals surface area contributed by atoms with Gasteiger partial charge in [-0.15, -0.1) is 11.3 Å². The van der Waals surface area contributed by atoms with Gasteiger partial charge in [-0.3, -0.25) is 4.79 Å². The third-order valence-corrected chi connectivity index (χ3v) is 5.76. The number of fused-ring (bicyclic) bond motifs is 1. The number of nitrogens with zero attached hydrogens (tertiary/aromatic N) is 2. The molecule has 1 aliphatic rings. The van der Waals surface area contributed by atoms with E-state index >= 15 is 0 Å². The number of thiophene rings is 1. The molecular formula is C18H22N2O3S. The molecule has 0 radical (unpaired) electrons. The van der Waals surface area contributed by atoms with E-state index in [-0.39, 0.29) is 11.5 Å². The third-order valence-electron chi connectivity index (χ3n) is 4.67. The van der Waals surface area contributed by atoms with E-state index in [9.17, 15) is 14.7 Å². The number of aromatic carboxylic acids is 1. The molecule has 1 fully saturated rings. The number of carbonyl (C=O) groups excluding carboxylic acids is 1. The van der Waals surface area contributed by atoms with Crippen molar-refractivity contribution in [1.29, 1.82) is 0 Å². The van der Waals surface area contributed by atoms with Gasteiger partial charge >= 0.3 is 5.97 Å².